The molecule has 2 rings (SSSR count). The number of furan rings is 1. The average Bonchev–Trinajstić information content (AvgIpc) is 2.78. The average molecular weight is 286 g/mol. The van der Waals surface area contributed by atoms with E-state index in [9.17, 15) is 8.42 Å². The molecule has 2 heterocycles. The van der Waals surface area contributed by atoms with E-state index in [0.717, 1.165) is 17.9 Å². The number of rotatable bonds is 4. The molecule has 0 amide bonds. The minimum absolute atomic E-state index is 0.0331. The Balaban J connectivity index is 2.19. The van der Waals surface area contributed by atoms with Gasteiger partial charge in [0, 0.05) is 19.1 Å². The fourth-order valence-electron chi connectivity index (χ4n) is 2.50. The highest BCUT2D eigenvalue weighted by atomic mass is 32.2. The van der Waals surface area contributed by atoms with Crippen molar-refractivity contribution in [2.24, 2.45) is 5.73 Å². The Morgan fingerprint density at radius 3 is 2.47 bits per heavy atom. The third kappa shape index (κ3) is 3.38. The molecule has 0 saturated carbocycles. The van der Waals surface area contributed by atoms with Crippen molar-refractivity contribution in [3.8, 4) is 0 Å². The predicted octanol–water partition coefficient (Wildman–Crippen LogP) is 1.10. The molecule has 1 fully saturated rings. The van der Waals surface area contributed by atoms with E-state index in [1.165, 1.54) is 0 Å². The molecule has 2 N–H and O–H groups in total. The van der Waals surface area contributed by atoms with Gasteiger partial charge in [0.25, 0.3) is 0 Å². The summed E-state index contributed by atoms with van der Waals surface area (Å²) in [5, 5.41) is 0. The molecule has 19 heavy (non-hydrogen) atoms. The van der Waals surface area contributed by atoms with Crippen LogP contribution in [0.1, 0.15) is 30.9 Å². The quantitative estimate of drug-likeness (QED) is 0.897. The van der Waals surface area contributed by atoms with Crippen LogP contribution >= 0.6 is 0 Å². The van der Waals surface area contributed by atoms with Crippen LogP contribution in [0.2, 0.25) is 0 Å². The van der Waals surface area contributed by atoms with Gasteiger partial charge in [-0.25, -0.2) is 8.42 Å². The Morgan fingerprint density at radius 1 is 1.37 bits per heavy atom. The normalized spacial score (nSPS) is 23.1. The molecule has 0 spiro atoms. The number of nitrogens with two attached hydrogens (primary N) is 1. The standard InChI is InChI=1S/C13H22N2O3S/c1-3-11(14)13(12-5-4-10(2)18-12)15-6-8-19(16,17)9-7-15/h4-5,11,13H,3,6-9,14H2,1-2H3. The molecule has 2 unspecified atom stereocenters. The number of sulfone groups is 1. The van der Waals surface area contributed by atoms with Crippen molar-refractivity contribution in [3.05, 3.63) is 23.7 Å². The maximum absolute atomic E-state index is 11.5. The van der Waals surface area contributed by atoms with E-state index < -0.39 is 9.84 Å². The molecule has 2 atom stereocenters. The van der Waals surface area contributed by atoms with Crippen LogP contribution in [0.5, 0.6) is 0 Å². The van der Waals surface area contributed by atoms with Crippen LogP contribution in [0, 0.1) is 6.92 Å². The monoisotopic (exact) mass is 286 g/mol. The van der Waals surface area contributed by atoms with Crippen LogP contribution in [-0.4, -0.2) is 44.0 Å². The highest BCUT2D eigenvalue weighted by molar-refractivity contribution is 7.91. The molecular formula is C13H22N2O3S. The molecule has 0 radical (unpaired) electrons. The van der Waals surface area contributed by atoms with Crippen LogP contribution in [0.15, 0.2) is 16.5 Å². The number of hydrogen-bond donors (Lipinski definition) is 1. The van der Waals surface area contributed by atoms with Crippen LogP contribution in [-0.2, 0) is 9.84 Å². The molecule has 0 aromatic carbocycles. The third-order valence-electron chi connectivity index (χ3n) is 3.70. The van der Waals surface area contributed by atoms with Gasteiger partial charge in [-0.15, -0.1) is 0 Å². The zero-order valence-electron chi connectivity index (χ0n) is 11.5. The lowest BCUT2D eigenvalue weighted by Gasteiger charge is -2.36. The molecule has 1 aliphatic heterocycles. The van der Waals surface area contributed by atoms with Gasteiger partial charge in [-0.2, -0.15) is 0 Å². The van der Waals surface area contributed by atoms with Crippen molar-refractivity contribution < 1.29 is 12.8 Å². The van der Waals surface area contributed by atoms with E-state index in [1.54, 1.807) is 0 Å². The van der Waals surface area contributed by atoms with Gasteiger partial charge in [-0.1, -0.05) is 6.92 Å². The van der Waals surface area contributed by atoms with Crippen LogP contribution in [0.25, 0.3) is 0 Å². The maximum atomic E-state index is 11.5. The summed E-state index contributed by atoms with van der Waals surface area (Å²) in [4.78, 5) is 2.13. The Bertz CT molecular complexity index is 510. The van der Waals surface area contributed by atoms with Gasteiger partial charge in [0.15, 0.2) is 9.84 Å². The minimum atomic E-state index is -2.87. The van der Waals surface area contributed by atoms with E-state index in [0.29, 0.717) is 13.1 Å². The summed E-state index contributed by atoms with van der Waals surface area (Å²) >= 11 is 0. The van der Waals surface area contributed by atoms with Gasteiger partial charge < -0.3 is 10.2 Å². The molecule has 1 aliphatic rings. The molecule has 1 aromatic rings. The highest BCUT2D eigenvalue weighted by Gasteiger charge is 2.32. The summed E-state index contributed by atoms with van der Waals surface area (Å²) in [6.07, 6.45) is 0.827. The van der Waals surface area contributed by atoms with Crippen LogP contribution in [0.3, 0.4) is 0 Å². The summed E-state index contributed by atoms with van der Waals surface area (Å²) in [6, 6.07) is 3.78. The van der Waals surface area contributed by atoms with Gasteiger partial charge in [0.2, 0.25) is 0 Å². The third-order valence-corrected chi connectivity index (χ3v) is 5.31. The Kier molecular flexibility index (Phi) is 4.32. The van der Waals surface area contributed by atoms with E-state index in [-0.39, 0.29) is 23.6 Å². The van der Waals surface area contributed by atoms with Gasteiger partial charge >= 0.3 is 0 Å². The summed E-state index contributed by atoms with van der Waals surface area (Å²) in [6.45, 7) is 4.99. The van der Waals surface area contributed by atoms with Crippen LogP contribution < -0.4 is 5.73 Å². The van der Waals surface area contributed by atoms with Gasteiger partial charge in [0.05, 0.1) is 17.5 Å². The van der Waals surface area contributed by atoms with Crippen molar-refractivity contribution >= 4 is 9.84 Å². The Hall–Kier alpha value is -0.850. The molecule has 1 aromatic heterocycles. The molecule has 0 aliphatic carbocycles. The first kappa shape index (κ1) is 14.6. The van der Waals surface area contributed by atoms with E-state index in [4.69, 9.17) is 10.2 Å². The Morgan fingerprint density at radius 2 is 2.00 bits per heavy atom. The van der Waals surface area contributed by atoms with Crippen molar-refractivity contribution in [2.75, 3.05) is 24.6 Å². The smallest absolute Gasteiger partial charge is 0.152 e. The first-order valence-electron chi connectivity index (χ1n) is 6.69. The van der Waals surface area contributed by atoms with Crippen molar-refractivity contribution in [3.63, 3.8) is 0 Å². The Labute approximate surface area is 114 Å². The second-order valence-corrected chi connectivity index (χ2v) is 7.46. The molecule has 5 nitrogen and oxygen atoms in total. The molecular weight excluding hydrogens is 264 g/mol. The van der Waals surface area contributed by atoms with Crippen molar-refractivity contribution in [2.45, 2.75) is 32.4 Å². The van der Waals surface area contributed by atoms with E-state index in [2.05, 4.69) is 4.90 Å². The first-order chi connectivity index (χ1) is 8.93. The maximum Gasteiger partial charge on any atom is 0.152 e. The van der Waals surface area contributed by atoms with Crippen molar-refractivity contribution in [1.82, 2.24) is 4.90 Å². The number of hydrogen-bond acceptors (Lipinski definition) is 5. The van der Waals surface area contributed by atoms with Gasteiger partial charge in [0.1, 0.15) is 11.5 Å². The molecule has 1 saturated heterocycles. The van der Waals surface area contributed by atoms with Gasteiger partial charge in [-0.05, 0) is 25.5 Å². The lowest BCUT2D eigenvalue weighted by molar-refractivity contribution is 0.159. The summed E-state index contributed by atoms with van der Waals surface area (Å²) < 4.78 is 28.7. The topological polar surface area (TPSA) is 76.5 Å². The summed E-state index contributed by atoms with van der Waals surface area (Å²) in [5.41, 5.74) is 6.21. The summed E-state index contributed by atoms with van der Waals surface area (Å²) in [5.74, 6) is 2.11. The zero-order chi connectivity index (χ0) is 14.0. The summed E-state index contributed by atoms with van der Waals surface area (Å²) in [7, 11) is -2.87. The second kappa shape index (κ2) is 5.64. The lowest BCUT2D eigenvalue weighted by atomic mass is 10.0. The fourth-order valence-corrected chi connectivity index (χ4v) is 3.73. The zero-order valence-corrected chi connectivity index (χ0v) is 12.3. The second-order valence-electron chi connectivity index (χ2n) is 5.15. The van der Waals surface area contributed by atoms with E-state index in [1.807, 2.05) is 26.0 Å². The predicted molar refractivity (Wildman–Crippen MR) is 74.7 cm³/mol. The van der Waals surface area contributed by atoms with Gasteiger partial charge in [-0.3, -0.25) is 4.90 Å². The lowest BCUT2D eigenvalue weighted by Crippen LogP contribution is -2.47. The SMILES string of the molecule is CCC(N)C(c1ccc(C)o1)N1CCS(=O)(=O)CC1. The number of aryl methyl sites for hydroxylation is 1. The van der Waals surface area contributed by atoms with Crippen LogP contribution in [0.4, 0.5) is 0 Å². The van der Waals surface area contributed by atoms with E-state index >= 15 is 0 Å². The first-order valence-corrected chi connectivity index (χ1v) is 8.51. The number of nitrogens with zero attached hydrogens (tertiary/aromatic N) is 1. The fraction of sp³-hybridized carbons (Fsp3) is 0.692. The van der Waals surface area contributed by atoms with Crippen molar-refractivity contribution in [1.29, 1.82) is 0 Å². The largest absolute Gasteiger partial charge is 0.465 e. The highest BCUT2D eigenvalue weighted by Crippen LogP contribution is 2.28. The molecule has 108 valence electrons. The molecule has 6 heteroatoms. The molecule has 0 bridgehead atoms. The minimum Gasteiger partial charge on any atom is -0.465 e.